The molecule has 0 bridgehead atoms. The maximum absolute atomic E-state index is 14.7. The zero-order valence-corrected chi connectivity index (χ0v) is 19.8. The van der Waals surface area contributed by atoms with E-state index in [0.717, 1.165) is 43.7 Å². The third kappa shape index (κ3) is 5.75. The number of carbonyl (C=O) groups is 1. The monoisotopic (exact) mass is 452 g/mol. The number of benzene rings is 2. The number of likely N-dealkylation sites (tertiary alicyclic amines) is 1. The highest BCUT2D eigenvalue weighted by molar-refractivity contribution is 5.99. The minimum atomic E-state index is -0.801. The van der Waals surface area contributed by atoms with Crippen molar-refractivity contribution in [1.29, 1.82) is 0 Å². The average Bonchev–Trinajstić information content (AvgIpc) is 2.84. The first kappa shape index (κ1) is 23.7. The van der Waals surface area contributed by atoms with Crippen LogP contribution in [0.4, 0.5) is 10.1 Å². The molecule has 2 aliphatic rings. The zero-order chi connectivity index (χ0) is 23.1. The lowest BCUT2D eigenvalue weighted by Gasteiger charge is -2.36. The standard InChI is InChI=1S/C28H37FN2O2/c1-22-10-5-8-19-31(22)20-9-21-33-24-15-13-23(14-16-24)30-27(32)28(17-6-2-7-18-28)25-11-3-4-12-26(25)29/h3-4,11-16,22H,2,5-10,17-21H2,1H3,(H,30,32)/t22-/m0/s1. The fraction of sp³-hybridized carbons (Fsp3) is 0.536. The molecule has 1 heterocycles. The van der Waals surface area contributed by atoms with Gasteiger partial charge in [0, 0.05) is 23.8 Å². The van der Waals surface area contributed by atoms with Gasteiger partial charge in [-0.25, -0.2) is 4.39 Å². The number of carbonyl (C=O) groups excluding carboxylic acids is 1. The molecule has 0 spiro atoms. The average molecular weight is 453 g/mol. The molecule has 2 aromatic carbocycles. The van der Waals surface area contributed by atoms with Gasteiger partial charge < -0.3 is 15.0 Å². The maximum atomic E-state index is 14.7. The second-order valence-electron chi connectivity index (χ2n) is 9.68. The van der Waals surface area contributed by atoms with Gasteiger partial charge in [-0.2, -0.15) is 0 Å². The van der Waals surface area contributed by atoms with Crippen molar-refractivity contribution >= 4 is 11.6 Å². The predicted molar refractivity (Wildman–Crippen MR) is 131 cm³/mol. The van der Waals surface area contributed by atoms with Crippen LogP contribution in [0.5, 0.6) is 5.75 Å². The highest BCUT2D eigenvalue weighted by atomic mass is 19.1. The zero-order valence-electron chi connectivity index (χ0n) is 19.8. The Bertz CT molecular complexity index is 908. The summed E-state index contributed by atoms with van der Waals surface area (Å²) < 4.78 is 20.6. The van der Waals surface area contributed by atoms with E-state index in [1.807, 2.05) is 30.3 Å². The van der Waals surface area contributed by atoms with E-state index in [-0.39, 0.29) is 11.7 Å². The summed E-state index contributed by atoms with van der Waals surface area (Å²) in [5, 5.41) is 3.05. The summed E-state index contributed by atoms with van der Waals surface area (Å²) in [4.78, 5) is 16.0. The first-order valence-corrected chi connectivity index (χ1v) is 12.6. The fourth-order valence-electron chi connectivity index (χ4n) is 5.46. The summed E-state index contributed by atoms with van der Waals surface area (Å²) in [6.07, 6.45) is 9.27. The largest absolute Gasteiger partial charge is 0.494 e. The summed E-state index contributed by atoms with van der Waals surface area (Å²) in [5.41, 5.74) is 0.436. The lowest BCUT2D eigenvalue weighted by atomic mass is 9.68. The van der Waals surface area contributed by atoms with Crippen LogP contribution in [0.1, 0.15) is 70.3 Å². The Labute approximate surface area is 197 Å². The van der Waals surface area contributed by atoms with Gasteiger partial charge in [-0.3, -0.25) is 4.79 Å². The number of hydrogen-bond acceptors (Lipinski definition) is 3. The number of anilines is 1. The van der Waals surface area contributed by atoms with Gasteiger partial charge in [-0.15, -0.1) is 0 Å². The first-order valence-electron chi connectivity index (χ1n) is 12.6. The van der Waals surface area contributed by atoms with Crippen LogP contribution < -0.4 is 10.1 Å². The van der Waals surface area contributed by atoms with Crippen LogP contribution in [-0.2, 0) is 10.2 Å². The van der Waals surface area contributed by atoms with Gasteiger partial charge in [0.1, 0.15) is 11.6 Å². The minimum absolute atomic E-state index is 0.114. The third-order valence-corrected chi connectivity index (χ3v) is 7.44. The highest BCUT2D eigenvalue weighted by Crippen LogP contribution is 2.41. The number of halogens is 1. The normalized spacial score (nSPS) is 20.8. The van der Waals surface area contributed by atoms with Crippen molar-refractivity contribution in [1.82, 2.24) is 4.90 Å². The molecule has 2 aromatic rings. The van der Waals surface area contributed by atoms with Crippen LogP contribution >= 0.6 is 0 Å². The molecule has 1 saturated carbocycles. The van der Waals surface area contributed by atoms with Gasteiger partial charge in [0.05, 0.1) is 12.0 Å². The van der Waals surface area contributed by atoms with Crippen molar-refractivity contribution in [2.75, 3.05) is 25.0 Å². The highest BCUT2D eigenvalue weighted by Gasteiger charge is 2.42. The number of amides is 1. The van der Waals surface area contributed by atoms with E-state index < -0.39 is 5.41 Å². The molecule has 33 heavy (non-hydrogen) atoms. The molecule has 4 rings (SSSR count). The van der Waals surface area contributed by atoms with Gasteiger partial charge in [0.15, 0.2) is 0 Å². The van der Waals surface area contributed by atoms with Crippen molar-refractivity contribution in [3.8, 4) is 5.75 Å². The predicted octanol–water partition coefficient (Wildman–Crippen LogP) is 6.31. The van der Waals surface area contributed by atoms with Crippen molar-refractivity contribution in [2.45, 2.75) is 76.2 Å². The second-order valence-corrected chi connectivity index (χ2v) is 9.68. The Kier molecular flexibility index (Phi) is 8.02. The van der Waals surface area contributed by atoms with E-state index in [0.29, 0.717) is 31.1 Å². The van der Waals surface area contributed by atoms with Crippen molar-refractivity contribution < 1.29 is 13.9 Å². The summed E-state index contributed by atoms with van der Waals surface area (Å²) in [5.74, 6) is 0.398. The van der Waals surface area contributed by atoms with Gasteiger partial charge in [0.2, 0.25) is 5.91 Å². The summed E-state index contributed by atoms with van der Waals surface area (Å²) in [6.45, 7) is 5.28. The molecule has 1 atom stereocenters. The molecule has 1 saturated heterocycles. The Hall–Kier alpha value is -2.40. The van der Waals surface area contributed by atoms with Crippen LogP contribution in [-0.4, -0.2) is 36.5 Å². The number of nitrogens with zero attached hydrogens (tertiary/aromatic N) is 1. The van der Waals surface area contributed by atoms with E-state index in [2.05, 4.69) is 17.1 Å². The van der Waals surface area contributed by atoms with E-state index in [1.54, 1.807) is 12.1 Å². The molecular formula is C28H37FN2O2. The topological polar surface area (TPSA) is 41.6 Å². The number of ether oxygens (including phenoxy) is 1. The SMILES string of the molecule is C[C@H]1CCCCN1CCCOc1ccc(NC(=O)C2(c3ccccc3F)CCCCC2)cc1. The van der Waals surface area contributed by atoms with Crippen LogP contribution in [0.25, 0.3) is 0 Å². The van der Waals surface area contributed by atoms with E-state index in [1.165, 1.54) is 31.9 Å². The molecule has 1 aliphatic heterocycles. The Balaban J connectivity index is 1.33. The molecule has 1 amide bonds. The molecule has 2 fully saturated rings. The Morgan fingerprint density at radius 3 is 2.55 bits per heavy atom. The molecule has 5 heteroatoms. The molecule has 1 N–H and O–H groups in total. The van der Waals surface area contributed by atoms with Crippen LogP contribution in [0.2, 0.25) is 0 Å². The Morgan fingerprint density at radius 2 is 1.82 bits per heavy atom. The second kappa shape index (κ2) is 11.1. The van der Waals surface area contributed by atoms with E-state index in [9.17, 15) is 9.18 Å². The third-order valence-electron chi connectivity index (χ3n) is 7.44. The quantitative estimate of drug-likeness (QED) is 0.477. The fourth-order valence-corrected chi connectivity index (χ4v) is 5.46. The van der Waals surface area contributed by atoms with Crippen molar-refractivity contribution in [2.24, 2.45) is 0 Å². The summed E-state index contributed by atoms with van der Waals surface area (Å²) >= 11 is 0. The number of rotatable bonds is 8. The molecule has 0 unspecified atom stereocenters. The summed E-state index contributed by atoms with van der Waals surface area (Å²) in [7, 11) is 0. The molecule has 0 radical (unpaired) electrons. The van der Waals surface area contributed by atoms with Gasteiger partial charge in [-0.05, 0) is 75.9 Å². The first-order chi connectivity index (χ1) is 16.1. The molecule has 1 aliphatic carbocycles. The number of piperidine rings is 1. The van der Waals surface area contributed by atoms with Crippen LogP contribution in [0.15, 0.2) is 48.5 Å². The molecule has 4 nitrogen and oxygen atoms in total. The van der Waals surface area contributed by atoms with E-state index in [4.69, 9.17) is 4.74 Å². The van der Waals surface area contributed by atoms with Crippen LogP contribution in [0, 0.1) is 5.82 Å². The van der Waals surface area contributed by atoms with Gasteiger partial charge in [0.25, 0.3) is 0 Å². The Morgan fingerprint density at radius 1 is 1.06 bits per heavy atom. The van der Waals surface area contributed by atoms with Crippen molar-refractivity contribution in [3.05, 3.63) is 59.9 Å². The molecule has 0 aromatic heterocycles. The summed E-state index contributed by atoms with van der Waals surface area (Å²) in [6, 6.07) is 14.9. The molecule has 178 valence electrons. The molecular weight excluding hydrogens is 415 g/mol. The lowest BCUT2D eigenvalue weighted by Crippen LogP contribution is -2.42. The van der Waals surface area contributed by atoms with Gasteiger partial charge >= 0.3 is 0 Å². The minimum Gasteiger partial charge on any atom is -0.494 e. The smallest absolute Gasteiger partial charge is 0.235 e. The number of hydrogen-bond donors (Lipinski definition) is 1. The van der Waals surface area contributed by atoms with E-state index >= 15 is 0 Å². The van der Waals surface area contributed by atoms with Gasteiger partial charge in [-0.1, -0.05) is 43.9 Å². The lowest BCUT2D eigenvalue weighted by molar-refractivity contribution is -0.122. The van der Waals surface area contributed by atoms with Crippen LogP contribution in [0.3, 0.4) is 0 Å². The number of nitrogens with one attached hydrogen (secondary N) is 1. The van der Waals surface area contributed by atoms with Crippen molar-refractivity contribution in [3.63, 3.8) is 0 Å². The maximum Gasteiger partial charge on any atom is 0.235 e.